The van der Waals surface area contributed by atoms with E-state index < -0.39 is 0 Å². The smallest absolute Gasteiger partial charge is 0.398 e. The first kappa shape index (κ1) is 5.45. The van der Waals surface area contributed by atoms with Crippen molar-refractivity contribution in [2.45, 2.75) is 19.2 Å². The molecule has 0 saturated carbocycles. The molecule has 3 heteroatoms. The van der Waals surface area contributed by atoms with Crippen LogP contribution in [0.5, 0.6) is 0 Å². The third-order valence-corrected chi connectivity index (χ3v) is 1.47. The normalized spacial score (nSPS) is 22.7. The first-order valence-electron chi connectivity index (χ1n) is 2.65. The molecule has 0 radical (unpaired) electrons. The van der Waals surface area contributed by atoms with Crippen LogP contribution in [0.2, 0.25) is 6.32 Å². The van der Waals surface area contributed by atoms with E-state index in [0.717, 1.165) is 12.9 Å². The molecule has 0 atom stereocenters. The van der Waals surface area contributed by atoms with Crippen molar-refractivity contribution in [2.75, 3.05) is 6.61 Å². The van der Waals surface area contributed by atoms with Gasteiger partial charge in [0.25, 0.3) is 0 Å². The van der Waals surface area contributed by atoms with Crippen LogP contribution in [0.15, 0.2) is 0 Å². The minimum Gasteiger partial charge on any atom is -0.422 e. The number of hydrogen-bond acceptors (Lipinski definition) is 1. The van der Waals surface area contributed by atoms with Crippen LogP contribution in [0.4, 0.5) is 0 Å². The van der Waals surface area contributed by atoms with Crippen molar-refractivity contribution in [1.29, 1.82) is 0 Å². The molecule has 1 aliphatic heterocycles. The second-order valence-electron chi connectivity index (χ2n) is 1.78. The molecule has 1 saturated heterocycles. The van der Waals surface area contributed by atoms with Gasteiger partial charge in [-0.1, -0.05) is 6.42 Å². The predicted molar refractivity (Wildman–Crippen MR) is 31.6 cm³/mol. The molecule has 0 amide bonds. The summed E-state index contributed by atoms with van der Waals surface area (Å²) >= 11 is 5.59. The van der Waals surface area contributed by atoms with Crippen molar-refractivity contribution in [3.05, 3.63) is 0 Å². The third-order valence-electron chi connectivity index (χ3n) is 1.12. The Hall–Kier alpha value is 0.315. The molecule has 0 spiro atoms. The van der Waals surface area contributed by atoms with Crippen molar-refractivity contribution >= 4 is 17.8 Å². The Kier molecular flexibility index (Phi) is 2.01. The summed E-state index contributed by atoms with van der Waals surface area (Å²) in [6.45, 7) is 0.855. The van der Waals surface area contributed by atoms with E-state index in [1.807, 2.05) is 0 Å². The van der Waals surface area contributed by atoms with Gasteiger partial charge in [-0.05, 0) is 12.7 Å². The van der Waals surface area contributed by atoms with Crippen molar-refractivity contribution in [3.63, 3.8) is 0 Å². The second-order valence-corrected chi connectivity index (χ2v) is 2.26. The fourth-order valence-electron chi connectivity index (χ4n) is 0.701. The Labute approximate surface area is 49.0 Å². The zero-order valence-corrected chi connectivity index (χ0v) is 4.95. The standard InChI is InChI=1S/C4H8BClO/c6-5-3-1-2-4-7-5/h1-4H2. The molecule has 1 nitrogen and oxygen atoms in total. The summed E-state index contributed by atoms with van der Waals surface area (Å²) < 4.78 is 5.04. The topological polar surface area (TPSA) is 9.23 Å². The highest BCUT2D eigenvalue weighted by Gasteiger charge is 2.14. The molecule has 40 valence electrons. The first-order valence-corrected chi connectivity index (χ1v) is 3.09. The van der Waals surface area contributed by atoms with E-state index in [1.54, 1.807) is 0 Å². The highest BCUT2D eigenvalue weighted by Crippen LogP contribution is 2.12. The van der Waals surface area contributed by atoms with Gasteiger partial charge in [-0.2, -0.15) is 11.5 Å². The van der Waals surface area contributed by atoms with Gasteiger partial charge in [0.05, 0.1) is 0 Å². The van der Waals surface area contributed by atoms with Crippen LogP contribution in [-0.4, -0.2) is 12.9 Å². The van der Waals surface area contributed by atoms with Crippen molar-refractivity contribution in [2.24, 2.45) is 0 Å². The van der Waals surface area contributed by atoms with E-state index in [-0.39, 0.29) is 6.33 Å². The maximum atomic E-state index is 5.59. The Balaban J connectivity index is 2.12. The van der Waals surface area contributed by atoms with Gasteiger partial charge in [-0.15, -0.1) is 0 Å². The lowest BCUT2D eigenvalue weighted by Crippen LogP contribution is -2.16. The van der Waals surface area contributed by atoms with Crippen LogP contribution in [0.3, 0.4) is 0 Å². The lowest BCUT2D eigenvalue weighted by molar-refractivity contribution is 0.299. The van der Waals surface area contributed by atoms with Crippen LogP contribution in [0, 0.1) is 0 Å². The fraction of sp³-hybridized carbons (Fsp3) is 1.00. The van der Waals surface area contributed by atoms with E-state index in [0.29, 0.717) is 0 Å². The maximum Gasteiger partial charge on any atom is 0.398 e. The number of hydrogen-bond donors (Lipinski definition) is 0. The van der Waals surface area contributed by atoms with Crippen LogP contribution in [0.1, 0.15) is 12.8 Å². The monoisotopic (exact) mass is 118 g/mol. The second kappa shape index (κ2) is 2.58. The van der Waals surface area contributed by atoms with Crippen LogP contribution in [-0.2, 0) is 4.65 Å². The van der Waals surface area contributed by atoms with Crippen LogP contribution in [0.25, 0.3) is 0 Å². The zero-order chi connectivity index (χ0) is 5.11. The number of rotatable bonds is 0. The molecule has 0 aliphatic carbocycles. The Morgan fingerprint density at radius 2 is 2.29 bits per heavy atom. The molecule has 0 N–H and O–H groups in total. The van der Waals surface area contributed by atoms with E-state index in [1.165, 1.54) is 12.8 Å². The van der Waals surface area contributed by atoms with Gasteiger partial charge >= 0.3 is 6.33 Å². The van der Waals surface area contributed by atoms with Gasteiger partial charge in [0.2, 0.25) is 0 Å². The summed E-state index contributed by atoms with van der Waals surface area (Å²) in [6.07, 6.45) is 3.45. The van der Waals surface area contributed by atoms with E-state index in [4.69, 9.17) is 16.1 Å². The van der Waals surface area contributed by atoms with Crippen LogP contribution < -0.4 is 0 Å². The Bertz CT molecular complexity index is 53.7. The van der Waals surface area contributed by atoms with Crippen molar-refractivity contribution in [3.8, 4) is 0 Å². The van der Waals surface area contributed by atoms with Gasteiger partial charge in [0, 0.05) is 6.61 Å². The average molecular weight is 118 g/mol. The van der Waals surface area contributed by atoms with E-state index >= 15 is 0 Å². The summed E-state index contributed by atoms with van der Waals surface area (Å²) in [4.78, 5) is 0. The van der Waals surface area contributed by atoms with Crippen molar-refractivity contribution < 1.29 is 4.65 Å². The molecule has 0 aromatic rings. The molecule has 0 unspecified atom stereocenters. The van der Waals surface area contributed by atoms with Gasteiger partial charge in [0.1, 0.15) is 0 Å². The number of halogens is 1. The molecule has 0 aromatic heterocycles. The third kappa shape index (κ3) is 1.70. The summed E-state index contributed by atoms with van der Waals surface area (Å²) in [5.41, 5.74) is 0. The summed E-state index contributed by atoms with van der Waals surface area (Å²) in [5, 5.41) is 0. The summed E-state index contributed by atoms with van der Waals surface area (Å²) in [5.74, 6) is 0. The molecule has 1 fully saturated rings. The van der Waals surface area contributed by atoms with Gasteiger partial charge in [0.15, 0.2) is 0 Å². The van der Waals surface area contributed by atoms with Crippen molar-refractivity contribution in [1.82, 2.24) is 0 Å². The highest BCUT2D eigenvalue weighted by atomic mass is 35.5. The van der Waals surface area contributed by atoms with Gasteiger partial charge in [-0.3, -0.25) is 0 Å². The molecule has 0 aromatic carbocycles. The average Bonchev–Trinajstić information content (AvgIpc) is 1.69. The molecule has 1 aliphatic rings. The Morgan fingerprint density at radius 3 is 2.57 bits per heavy atom. The predicted octanol–water partition coefficient (Wildman–Crippen LogP) is 1.52. The lowest BCUT2D eigenvalue weighted by atomic mass is 9.87. The van der Waals surface area contributed by atoms with Gasteiger partial charge in [-0.25, -0.2) is 0 Å². The molecular formula is C4H8BClO. The minimum absolute atomic E-state index is 0.00810. The molecule has 7 heavy (non-hydrogen) atoms. The maximum absolute atomic E-state index is 5.59. The fourth-order valence-corrected chi connectivity index (χ4v) is 0.945. The quantitative estimate of drug-likeness (QED) is 0.438. The first-order chi connectivity index (χ1) is 3.39. The summed E-state index contributed by atoms with van der Waals surface area (Å²) in [6, 6.07) is 0. The molecular weight excluding hydrogens is 110 g/mol. The lowest BCUT2D eigenvalue weighted by Gasteiger charge is -2.12. The van der Waals surface area contributed by atoms with Crippen LogP contribution >= 0.6 is 11.5 Å². The van der Waals surface area contributed by atoms with E-state index in [9.17, 15) is 0 Å². The van der Waals surface area contributed by atoms with Gasteiger partial charge < -0.3 is 4.65 Å². The molecule has 1 heterocycles. The SMILES string of the molecule is ClB1CCCCO1. The largest absolute Gasteiger partial charge is 0.422 e. The highest BCUT2D eigenvalue weighted by molar-refractivity contribution is 7.03. The minimum atomic E-state index is 0.00810. The Morgan fingerprint density at radius 1 is 1.43 bits per heavy atom. The summed E-state index contributed by atoms with van der Waals surface area (Å²) in [7, 11) is 0. The molecule has 1 rings (SSSR count). The van der Waals surface area contributed by atoms with E-state index in [2.05, 4.69) is 0 Å². The molecule has 0 bridgehead atoms. The zero-order valence-electron chi connectivity index (χ0n) is 4.19.